The second-order valence-corrected chi connectivity index (χ2v) is 6.71. The highest BCUT2D eigenvalue weighted by atomic mass is 32.2. The zero-order valence-electron chi connectivity index (χ0n) is 13.7. The van der Waals surface area contributed by atoms with Crippen LogP contribution in [0, 0.1) is 0 Å². The van der Waals surface area contributed by atoms with Crippen molar-refractivity contribution >= 4 is 35.2 Å². The van der Waals surface area contributed by atoms with Crippen LogP contribution >= 0.6 is 11.8 Å². The van der Waals surface area contributed by atoms with Crippen LogP contribution in [0.25, 0.3) is 0 Å². The molecule has 0 bridgehead atoms. The highest BCUT2D eigenvalue weighted by Gasteiger charge is 2.34. The lowest BCUT2D eigenvalue weighted by molar-refractivity contribution is -0.137. The van der Waals surface area contributed by atoms with Crippen molar-refractivity contribution in [2.75, 3.05) is 16.9 Å². The molecule has 0 radical (unpaired) electrons. The van der Waals surface area contributed by atoms with E-state index in [0.717, 1.165) is 12.0 Å². The first-order valence-electron chi connectivity index (χ1n) is 8.00. The molecule has 1 aliphatic rings. The van der Waals surface area contributed by atoms with Crippen LogP contribution in [0.2, 0.25) is 0 Å². The minimum atomic E-state index is -0.850. The molecule has 7 heteroatoms. The number of carbonyl (C=O) groups is 3. The van der Waals surface area contributed by atoms with E-state index in [0.29, 0.717) is 30.2 Å². The van der Waals surface area contributed by atoms with Gasteiger partial charge < -0.3 is 15.3 Å². The van der Waals surface area contributed by atoms with Crippen LogP contribution < -0.4 is 5.32 Å². The molecule has 0 aliphatic carbocycles. The fourth-order valence-electron chi connectivity index (χ4n) is 2.54. The van der Waals surface area contributed by atoms with E-state index in [1.54, 1.807) is 34.9 Å². The van der Waals surface area contributed by atoms with Gasteiger partial charge in [0.05, 0.1) is 5.88 Å². The number of carbonyl (C=O) groups excluding carboxylic acids is 2. The Morgan fingerprint density at radius 3 is 2.83 bits per heavy atom. The molecule has 0 spiro atoms. The molecule has 24 heavy (non-hydrogen) atoms. The van der Waals surface area contributed by atoms with Crippen molar-refractivity contribution in [3.05, 3.63) is 29.8 Å². The maximum atomic E-state index is 12.5. The van der Waals surface area contributed by atoms with Gasteiger partial charge in [0, 0.05) is 24.3 Å². The van der Waals surface area contributed by atoms with Gasteiger partial charge in [0.1, 0.15) is 6.04 Å². The molecule has 0 aromatic heterocycles. The van der Waals surface area contributed by atoms with Crippen LogP contribution in [0.15, 0.2) is 24.3 Å². The first-order valence-corrected chi connectivity index (χ1v) is 9.15. The maximum absolute atomic E-state index is 12.5. The van der Waals surface area contributed by atoms with Gasteiger partial charge in [-0.1, -0.05) is 19.1 Å². The highest BCUT2D eigenvalue weighted by molar-refractivity contribution is 7.99. The Morgan fingerprint density at radius 1 is 1.33 bits per heavy atom. The van der Waals surface area contributed by atoms with E-state index in [1.807, 2.05) is 13.0 Å². The van der Waals surface area contributed by atoms with Gasteiger partial charge in [0.25, 0.3) is 0 Å². The number of aliphatic carboxylic acids is 1. The number of hydrogen-bond acceptors (Lipinski definition) is 4. The van der Waals surface area contributed by atoms with Crippen molar-refractivity contribution in [1.82, 2.24) is 4.90 Å². The molecule has 0 saturated carbocycles. The van der Waals surface area contributed by atoms with Crippen molar-refractivity contribution in [3.63, 3.8) is 0 Å². The highest BCUT2D eigenvalue weighted by Crippen LogP contribution is 2.23. The minimum Gasteiger partial charge on any atom is -0.481 e. The monoisotopic (exact) mass is 350 g/mol. The lowest BCUT2D eigenvalue weighted by Crippen LogP contribution is -2.44. The van der Waals surface area contributed by atoms with Gasteiger partial charge in [-0.25, -0.2) is 0 Å². The molecular formula is C17H22N2O4S. The normalized spacial score (nSPS) is 16.9. The average Bonchev–Trinajstić information content (AvgIpc) is 3.03. The number of carboxylic acid groups (broad SMARTS) is 1. The summed E-state index contributed by atoms with van der Waals surface area (Å²) in [5.41, 5.74) is 1.48. The topological polar surface area (TPSA) is 86.7 Å². The smallest absolute Gasteiger partial charge is 0.303 e. The molecule has 2 amide bonds. The third-order valence-electron chi connectivity index (χ3n) is 3.79. The van der Waals surface area contributed by atoms with Crippen LogP contribution in [0.5, 0.6) is 0 Å². The standard InChI is InChI=1S/C17H22N2O4S/c1-2-4-15(20)19-11-24-10-14(19)17(23)18-13-6-3-5-12(9-13)7-8-16(21)22/h3,5-6,9,14H,2,4,7-8,10-11H2,1H3,(H,18,23)(H,21,22). The number of nitrogens with one attached hydrogen (secondary N) is 1. The van der Waals surface area contributed by atoms with Gasteiger partial charge in [0.15, 0.2) is 0 Å². The molecule has 1 saturated heterocycles. The van der Waals surface area contributed by atoms with Crippen molar-refractivity contribution < 1.29 is 19.5 Å². The van der Waals surface area contributed by atoms with Crippen molar-refractivity contribution in [2.24, 2.45) is 0 Å². The average molecular weight is 350 g/mol. The Labute approximate surface area is 145 Å². The van der Waals surface area contributed by atoms with Gasteiger partial charge in [-0.05, 0) is 30.5 Å². The summed E-state index contributed by atoms with van der Waals surface area (Å²) in [7, 11) is 0. The number of anilines is 1. The van der Waals surface area contributed by atoms with Crippen LogP contribution in [-0.4, -0.2) is 45.5 Å². The SMILES string of the molecule is CCCC(=O)N1CSCC1C(=O)Nc1cccc(CCC(=O)O)c1. The predicted octanol–water partition coefficient (Wildman–Crippen LogP) is 2.34. The Morgan fingerprint density at radius 2 is 2.12 bits per heavy atom. The summed E-state index contributed by atoms with van der Waals surface area (Å²) in [4.78, 5) is 36.9. The molecule has 1 atom stereocenters. The summed E-state index contributed by atoms with van der Waals surface area (Å²) >= 11 is 1.58. The zero-order chi connectivity index (χ0) is 17.5. The molecule has 1 heterocycles. The van der Waals surface area contributed by atoms with E-state index in [1.165, 1.54) is 0 Å². The maximum Gasteiger partial charge on any atom is 0.303 e. The molecule has 130 valence electrons. The molecule has 1 fully saturated rings. The van der Waals surface area contributed by atoms with Gasteiger partial charge in [-0.15, -0.1) is 11.8 Å². The molecule has 1 aromatic rings. The number of benzene rings is 1. The van der Waals surface area contributed by atoms with E-state index in [-0.39, 0.29) is 18.2 Å². The van der Waals surface area contributed by atoms with E-state index in [4.69, 9.17) is 5.11 Å². The van der Waals surface area contributed by atoms with Crippen LogP contribution in [0.4, 0.5) is 5.69 Å². The van der Waals surface area contributed by atoms with Crippen LogP contribution in [0.3, 0.4) is 0 Å². The van der Waals surface area contributed by atoms with Crippen LogP contribution in [0.1, 0.15) is 31.7 Å². The number of amides is 2. The molecule has 1 aliphatic heterocycles. The van der Waals surface area contributed by atoms with Gasteiger partial charge in [-0.2, -0.15) is 0 Å². The molecule has 2 N–H and O–H groups in total. The fraction of sp³-hybridized carbons (Fsp3) is 0.471. The third kappa shape index (κ3) is 4.99. The summed E-state index contributed by atoms with van der Waals surface area (Å²) in [6.45, 7) is 1.94. The molecule has 1 aromatic carbocycles. The van der Waals surface area contributed by atoms with E-state index in [9.17, 15) is 14.4 Å². The first kappa shape index (κ1) is 18.3. The van der Waals surface area contributed by atoms with Crippen molar-refractivity contribution in [1.29, 1.82) is 0 Å². The fourth-order valence-corrected chi connectivity index (χ4v) is 3.73. The third-order valence-corrected chi connectivity index (χ3v) is 4.80. The summed E-state index contributed by atoms with van der Waals surface area (Å²) in [6.07, 6.45) is 1.68. The lowest BCUT2D eigenvalue weighted by atomic mass is 10.1. The summed E-state index contributed by atoms with van der Waals surface area (Å²) in [6, 6.07) is 6.72. The number of thioether (sulfide) groups is 1. The van der Waals surface area contributed by atoms with Crippen LogP contribution in [-0.2, 0) is 20.8 Å². The van der Waals surface area contributed by atoms with E-state index < -0.39 is 12.0 Å². The summed E-state index contributed by atoms with van der Waals surface area (Å²) < 4.78 is 0. The Bertz CT molecular complexity index is 620. The van der Waals surface area contributed by atoms with Crippen molar-refractivity contribution in [3.8, 4) is 0 Å². The van der Waals surface area contributed by atoms with Gasteiger partial charge in [-0.3, -0.25) is 14.4 Å². The summed E-state index contributed by atoms with van der Waals surface area (Å²) in [5, 5.41) is 11.6. The molecular weight excluding hydrogens is 328 g/mol. The largest absolute Gasteiger partial charge is 0.481 e. The Hall–Kier alpha value is -2.02. The van der Waals surface area contributed by atoms with Gasteiger partial charge in [0.2, 0.25) is 11.8 Å². The van der Waals surface area contributed by atoms with E-state index >= 15 is 0 Å². The number of nitrogens with zero attached hydrogens (tertiary/aromatic N) is 1. The van der Waals surface area contributed by atoms with Crippen molar-refractivity contribution in [2.45, 2.75) is 38.6 Å². The number of carboxylic acids is 1. The molecule has 1 unspecified atom stereocenters. The second-order valence-electron chi connectivity index (χ2n) is 5.71. The quantitative estimate of drug-likeness (QED) is 0.788. The minimum absolute atomic E-state index is 0.0119. The summed E-state index contributed by atoms with van der Waals surface area (Å²) in [5.74, 6) is 0.116. The molecule has 6 nitrogen and oxygen atoms in total. The Kier molecular flexibility index (Phi) is 6.66. The number of aryl methyl sites for hydroxylation is 1. The van der Waals surface area contributed by atoms with E-state index in [2.05, 4.69) is 5.32 Å². The molecule has 2 rings (SSSR count). The van der Waals surface area contributed by atoms with Gasteiger partial charge >= 0.3 is 5.97 Å². The Balaban J connectivity index is 1.99. The second kappa shape index (κ2) is 8.73. The number of rotatable bonds is 7. The zero-order valence-corrected chi connectivity index (χ0v) is 14.5. The first-order chi connectivity index (χ1) is 11.5. The predicted molar refractivity (Wildman–Crippen MR) is 93.9 cm³/mol. The number of hydrogen-bond donors (Lipinski definition) is 2. The lowest BCUT2D eigenvalue weighted by Gasteiger charge is -2.23.